The lowest BCUT2D eigenvalue weighted by Gasteiger charge is -2.34. The summed E-state index contributed by atoms with van der Waals surface area (Å²) in [6.45, 7) is 5.71. The first-order valence-corrected chi connectivity index (χ1v) is 12.9. The van der Waals surface area contributed by atoms with Crippen molar-refractivity contribution in [2.24, 2.45) is 11.8 Å². The van der Waals surface area contributed by atoms with E-state index in [0.717, 1.165) is 12.8 Å². The van der Waals surface area contributed by atoms with Crippen molar-refractivity contribution in [2.75, 3.05) is 33.4 Å². The Hall–Kier alpha value is -2.43. The Morgan fingerprint density at radius 1 is 1.21 bits per heavy atom. The van der Waals surface area contributed by atoms with Crippen LogP contribution in [0.3, 0.4) is 0 Å². The standard InChI is InChI=1S/C23H32N4O5S/c1-15-5-4-6-18(16(15)2)24-23(28)20-14-19(25-26-20)17-7-8-21(31-3)22(13-17)33(29,30)27-9-11-32-12-10-27/h7-8,13-16,18H,4-6,9-12H2,1-3H3,(H,24,28)(H,25,26). The second-order valence-corrected chi connectivity index (χ2v) is 10.8. The molecule has 1 aliphatic carbocycles. The average molecular weight is 477 g/mol. The third kappa shape index (κ3) is 4.92. The summed E-state index contributed by atoms with van der Waals surface area (Å²) < 4.78 is 38.5. The predicted octanol–water partition coefficient (Wildman–Crippen LogP) is 2.66. The molecular formula is C23H32N4O5S. The van der Waals surface area contributed by atoms with Gasteiger partial charge in [0.15, 0.2) is 0 Å². The molecule has 3 unspecified atom stereocenters. The monoisotopic (exact) mass is 476 g/mol. The van der Waals surface area contributed by atoms with Crippen LogP contribution in [-0.4, -0.2) is 68.3 Å². The fourth-order valence-electron chi connectivity index (χ4n) is 4.58. The van der Waals surface area contributed by atoms with Gasteiger partial charge in [-0.25, -0.2) is 8.42 Å². The smallest absolute Gasteiger partial charge is 0.269 e. The van der Waals surface area contributed by atoms with Gasteiger partial charge < -0.3 is 14.8 Å². The molecule has 1 aromatic carbocycles. The van der Waals surface area contributed by atoms with Crippen molar-refractivity contribution in [3.8, 4) is 17.0 Å². The SMILES string of the molecule is COc1ccc(-c2cc(C(=O)NC3CCCC(C)C3C)[nH]n2)cc1S(=O)(=O)N1CCOCC1. The van der Waals surface area contributed by atoms with Gasteiger partial charge in [-0.3, -0.25) is 9.89 Å². The van der Waals surface area contributed by atoms with Crippen molar-refractivity contribution in [2.45, 2.75) is 44.0 Å². The second kappa shape index (κ2) is 9.82. The van der Waals surface area contributed by atoms with Crippen LogP contribution in [0.4, 0.5) is 0 Å². The zero-order valence-corrected chi connectivity index (χ0v) is 20.2. The van der Waals surface area contributed by atoms with E-state index in [4.69, 9.17) is 9.47 Å². The number of aromatic amines is 1. The molecule has 2 fully saturated rings. The predicted molar refractivity (Wildman–Crippen MR) is 124 cm³/mol. The van der Waals surface area contributed by atoms with Crippen molar-refractivity contribution < 1.29 is 22.7 Å². The number of morpholine rings is 1. The number of nitrogens with zero attached hydrogens (tertiary/aromatic N) is 2. The van der Waals surface area contributed by atoms with Crippen LogP contribution in [0, 0.1) is 11.8 Å². The highest BCUT2D eigenvalue weighted by molar-refractivity contribution is 7.89. The van der Waals surface area contributed by atoms with Crippen molar-refractivity contribution in [3.63, 3.8) is 0 Å². The second-order valence-electron chi connectivity index (χ2n) is 8.90. The number of nitrogens with one attached hydrogen (secondary N) is 2. The number of methoxy groups -OCH3 is 1. The first-order valence-electron chi connectivity index (χ1n) is 11.4. The van der Waals surface area contributed by atoms with E-state index in [1.165, 1.54) is 17.8 Å². The number of sulfonamides is 1. The van der Waals surface area contributed by atoms with Gasteiger partial charge in [0, 0.05) is 24.7 Å². The molecule has 2 heterocycles. The van der Waals surface area contributed by atoms with Crippen LogP contribution in [0.15, 0.2) is 29.2 Å². The molecule has 0 bridgehead atoms. The Kier molecular flexibility index (Phi) is 7.06. The van der Waals surface area contributed by atoms with E-state index in [1.54, 1.807) is 24.3 Å². The molecule has 1 aromatic heterocycles. The number of carbonyl (C=O) groups excluding carboxylic acids is 1. The van der Waals surface area contributed by atoms with Crippen LogP contribution >= 0.6 is 0 Å². The minimum atomic E-state index is -3.76. The Labute approximate surface area is 194 Å². The highest BCUT2D eigenvalue weighted by atomic mass is 32.2. The van der Waals surface area contributed by atoms with E-state index >= 15 is 0 Å². The third-order valence-corrected chi connectivity index (χ3v) is 8.81. The largest absolute Gasteiger partial charge is 0.495 e. The number of H-pyrrole nitrogens is 1. The topological polar surface area (TPSA) is 114 Å². The van der Waals surface area contributed by atoms with Crippen LogP contribution < -0.4 is 10.1 Å². The molecule has 2 N–H and O–H groups in total. The summed E-state index contributed by atoms with van der Waals surface area (Å²) in [5.74, 6) is 1.06. The lowest BCUT2D eigenvalue weighted by Crippen LogP contribution is -2.43. The summed E-state index contributed by atoms with van der Waals surface area (Å²) in [6, 6.07) is 6.69. The van der Waals surface area contributed by atoms with Crippen LogP contribution in [0.1, 0.15) is 43.6 Å². The van der Waals surface area contributed by atoms with Gasteiger partial charge in [0.2, 0.25) is 10.0 Å². The Bertz CT molecular complexity index is 1090. The van der Waals surface area contributed by atoms with Gasteiger partial charge >= 0.3 is 0 Å². The van der Waals surface area contributed by atoms with Crippen molar-refractivity contribution in [1.82, 2.24) is 19.8 Å². The van der Waals surface area contributed by atoms with Gasteiger partial charge in [-0.05, 0) is 42.5 Å². The third-order valence-electron chi connectivity index (χ3n) is 6.89. The molecule has 0 spiro atoms. The molecule has 1 saturated heterocycles. The van der Waals surface area contributed by atoms with Crippen LogP contribution in [-0.2, 0) is 14.8 Å². The molecular weight excluding hydrogens is 444 g/mol. The number of hydrogen-bond acceptors (Lipinski definition) is 6. The molecule has 1 aliphatic heterocycles. The normalized spacial score (nSPS) is 24.4. The van der Waals surface area contributed by atoms with Gasteiger partial charge in [0.05, 0.1) is 26.0 Å². The fraction of sp³-hybridized carbons (Fsp3) is 0.565. The molecule has 9 nitrogen and oxygen atoms in total. The summed E-state index contributed by atoms with van der Waals surface area (Å²) in [4.78, 5) is 12.9. The summed E-state index contributed by atoms with van der Waals surface area (Å²) in [5.41, 5.74) is 1.42. The highest BCUT2D eigenvalue weighted by Gasteiger charge is 2.31. The van der Waals surface area contributed by atoms with Gasteiger partial charge in [0.1, 0.15) is 16.3 Å². The number of aromatic nitrogens is 2. The molecule has 1 amide bonds. The zero-order valence-electron chi connectivity index (χ0n) is 19.3. The fourth-order valence-corrected chi connectivity index (χ4v) is 6.17. The van der Waals surface area contributed by atoms with Gasteiger partial charge in [0.25, 0.3) is 5.91 Å². The van der Waals surface area contributed by atoms with Crippen molar-refractivity contribution >= 4 is 15.9 Å². The lowest BCUT2D eigenvalue weighted by atomic mass is 9.78. The van der Waals surface area contributed by atoms with Crippen LogP contribution in [0.5, 0.6) is 5.75 Å². The minimum absolute atomic E-state index is 0.0726. The van der Waals surface area contributed by atoms with Gasteiger partial charge in [-0.1, -0.05) is 26.7 Å². The zero-order chi connectivity index (χ0) is 23.6. The molecule has 33 heavy (non-hydrogen) atoms. The maximum atomic E-state index is 13.2. The van der Waals surface area contributed by atoms with E-state index < -0.39 is 10.0 Å². The molecule has 4 rings (SSSR count). The Morgan fingerprint density at radius 2 is 1.97 bits per heavy atom. The highest BCUT2D eigenvalue weighted by Crippen LogP contribution is 2.32. The molecule has 2 aromatic rings. The van der Waals surface area contributed by atoms with E-state index in [2.05, 4.69) is 29.4 Å². The lowest BCUT2D eigenvalue weighted by molar-refractivity contribution is 0.0729. The number of ether oxygens (including phenoxy) is 2. The number of rotatable bonds is 6. The molecule has 0 radical (unpaired) electrons. The summed E-state index contributed by atoms with van der Waals surface area (Å²) in [6.07, 6.45) is 3.27. The molecule has 3 atom stereocenters. The Balaban J connectivity index is 1.56. The van der Waals surface area contributed by atoms with Gasteiger partial charge in [-0.2, -0.15) is 9.40 Å². The number of hydrogen-bond donors (Lipinski definition) is 2. The van der Waals surface area contributed by atoms with Crippen molar-refractivity contribution in [3.05, 3.63) is 30.0 Å². The van der Waals surface area contributed by atoms with Gasteiger partial charge in [-0.15, -0.1) is 0 Å². The summed E-state index contributed by atoms with van der Waals surface area (Å²) >= 11 is 0. The van der Waals surface area contributed by atoms with Crippen LogP contribution in [0.25, 0.3) is 11.3 Å². The average Bonchev–Trinajstić information content (AvgIpc) is 3.33. The number of carbonyl (C=O) groups is 1. The minimum Gasteiger partial charge on any atom is -0.495 e. The first kappa shape index (κ1) is 23.7. The van der Waals surface area contributed by atoms with E-state index in [0.29, 0.717) is 55.1 Å². The van der Waals surface area contributed by atoms with Crippen molar-refractivity contribution in [1.29, 1.82) is 0 Å². The molecule has 1 saturated carbocycles. The maximum absolute atomic E-state index is 13.2. The quantitative estimate of drug-likeness (QED) is 0.663. The number of amides is 1. The first-order chi connectivity index (χ1) is 15.8. The van der Waals surface area contributed by atoms with Crippen LogP contribution in [0.2, 0.25) is 0 Å². The summed E-state index contributed by atoms with van der Waals surface area (Å²) in [7, 11) is -2.32. The molecule has 180 valence electrons. The molecule has 2 aliphatic rings. The van der Waals surface area contributed by atoms with E-state index in [-0.39, 0.29) is 22.6 Å². The number of benzene rings is 1. The maximum Gasteiger partial charge on any atom is 0.269 e. The van der Waals surface area contributed by atoms with E-state index in [9.17, 15) is 13.2 Å². The Morgan fingerprint density at radius 3 is 2.70 bits per heavy atom. The summed E-state index contributed by atoms with van der Waals surface area (Å²) in [5, 5.41) is 10.2. The molecule has 10 heteroatoms. The van der Waals surface area contributed by atoms with E-state index in [1.807, 2.05) is 0 Å².